The molecule has 0 spiro atoms. The van der Waals surface area contributed by atoms with Crippen molar-refractivity contribution in [3.63, 3.8) is 0 Å². The van der Waals surface area contributed by atoms with Gasteiger partial charge in [-0.2, -0.15) is 0 Å². The van der Waals surface area contributed by atoms with Crippen LogP contribution in [0.5, 0.6) is 0 Å². The van der Waals surface area contributed by atoms with Gasteiger partial charge in [0, 0.05) is 12.0 Å². The fourth-order valence-corrected chi connectivity index (χ4v) is 0.647. The Balaban J connectivity index is 2.39. The fourth-order valence-electron chi connectivity index (χ4n) is 0.298. The maximum atomic E-state index is 4.88. The van der Waals surface area contributed by atoms with Gasteiger partial charge in [0.1, 0.15) is 0 Å². The van der Waals surface area contributed by atoms with Gasteiger partial charge in [0.05, 0.1) is 12.0 Å². The summed E-state index contributed by atoms with van der Waals surface area (Å²) in [6.07, 6.45) is 5.69. The van der Waals surface area contributed by atoms with Crippen molar-refractivity contribution in [3.05, 3.63) is 23.6 Å². The summed E-state index contributed by atoms with van der Waals surface area (Å²) in [4.78, 5) is 0. The molecule has 0 aromatic heterocycles. The lowest BCUT2D eigenvalue weighted by molar-refractivity contribution is 0.433. The molecular formula is C5H5OS. The van der Waals surface area contributed by atoms with Gasteiger partial charge < -0.3 is 4.18 Å². The van der Waals surface area contributed by atoms with Crippen molar-refractivity contribution in [2.24, 2.45) is 0 Å². The largest absolute Gasteiger partial charge is 0.306 e. The Bertz CT molecular complexity index is 84.3. The van der Waals surface area contributed by atoms with Crippen LogP contribution in [0, 0.1) is 5.41 Å². The Morgan fingerprint density at radius 1 is 1.71 bits per heavy atom. The number of rotatable bonds is 0. The summed E-state index contributed by atoms with van der Waals surface area (Å²) in [5.74, 6) is 0. The number of hydrogen-bond acceptors (Lipinski definition) is 2. The van der Waals surface area contributed by atoms with E-state index in [4.69, 9.17) is 4.18 Å². The second kappa shape index (κ2) is 2.88. The lowest BCUT2D eigenvalue weighted by Crippen LogP contribution is -1.73. The average Bonchev–Trinajstić information content (AvgIpc) is 1.90. The summed E-state index contributed by atoms with van der Waals surface area (Å²) >= 11 is 1.25. The smallest absolute Gasteiger partial charge is 0.0803 e. The lowest BCUT2D eigenvalue weighted by Gasteiger charge is -1.85. The lowest BCUT2D eigenvalue weighted by atomic mass is 10.5. The van der Waals surface area contributed by atoms with E-state index < -0.39 is 0 Å². The summed E-state index contributed by atoms with van der Waals surface area (Å²) in [6.45, 7) is 0.689. The maximum Gasteiger partial charge on any atom is 0.0803 e. The average molecular weight is 113 g/mol. The SMILES string of the molecule is [C]1=CC=CCOS1. The van der Waals surface area contributed by atoms with Gasteiger partial charge in [0.15, 0.2) is 0 Å². The van der Waals surface area contributed by atoms with Crippen molar-refractivity contribution in [2.75, 3.05) is 6.61 Å². The molecule has 0 aromatic rings. The molecule has 0 aromatic carbocycles. The molecule has 1 aliphatic heterocycles. The van der Waals surface area contributed by atoms with Crippen LogP contribution in [0.1, 0.15) is 0 Å². The molecule has 0 bridgehead atoms. The quantitative estimate of drug-likeness (QED) is 0.441. The molecule has 0 aliphatic carbocycles. The van der Waals surface area contributed by atoms with Gasteiger partial charge in [-0.1, -0.05) is 12.2 Å². The van der Waals surface area contributed by atoms with Crippen LogP contribution in [0.15, 0.2) is 18.2 Å². The summed E-state index contributed by atoms with van der Waals surface area (Å²) in [6, 6.07) is 0. The second-order valence-electron chi connectivity index (χ2n) is 1.08. The van der Waals surface area contributed by atoms with E-state index in [2.05, 4.69) is 5.41 Å². The zero-order valence-electron chi connectivity index (χ0n) is 3.76. The molecule has 1 rings (SSSR count). The van der Waals surface area contributed by atoms with Crippen LogP contribution in [0.2, 0.25) is 0 Å². The third kappa shape index (κ3) is 1.80. The minimum Gasteiger partial charge on any atom is -0.306 e. The first kappa shape index (κ1) is 4.94. The van der Waals surface area contributed by atoms with E-state index in [1.54, 1.807) is 0 Å². The van der Waals surface area contributed by atoms with E-state index in [9.17, 15) is 0 Å². The fraction of sp³-hybridized carbons (Fsp3) is 0.200. The van der Waals surface area contributed by atoms with Crippen LogP contribution >= 0.6 is 12.0 Å². The van der Waals surface area contributed by atoms with Crippen molar-refractivity contribution in [1.29, 1.82) is 0 Å². The molecule has 7 heavy (non-hydrogen) atoms. The van der Waals surface area contributed by atoms with Gasteiger partial charge in [0.2, 0.25) is 0 Å². The third-order valence-electron chi connectivity index (χ3n) is 0.572. The molecule has 0 unspecified atom stereocenters. The molecule has 2 heteroatoms. The zero-order valence-corrected chi connectivity index (χ0v) is 4.57. The van der Waals surface area contributed by atoms with Crippen LogP contribution < -0.4 is 0 Å². The molecule has 0 saturated heterocycles. The summed E-state index contributed by atoms with van der Waals surface area (Å²) in [5.41, 5.74) is 0. The molecule has 0 N–H and O–H groups in total. The van der Waals surface area contributed by atoms with Crippen LogP contribution in [-0.4, -0.2) is 6.61 Å². The van der Waals surface area contributed by atoms with Gasteiger partial charge in [-0.05, 0) is 6.08 Å². The first-order valence-corrected chi connectivity index (χ1v) is 2.76. The molecule has 1 heterocycles. The summed E-state index contributed by atoms with van der Waals surface area (Å²) < 4.78 is 4.88. The van der Waals surface area contributed by atoms with Crippen LogP contribution in [0.25, 0.3) is 0 Å². The van der Waals surface area contributed by atoms with Crippen molar-refractivity contribution in [1.82, 2.24) is 0 Å². The highest BCUT2D eigenvalue weighted by atomic mass is 32.2. The highest BCUT2D eigenvalue weighted by molar-refractivity contribution is 7.96. The summed E-state index contributed by atoms with van der Waals surface area (Å²) in [5, 5.41) is 2.83. The number of allylic oxidation sites excluding steroid dienone is 2. The predicted molar refractivity (Wildman–Crippen MR) is 30.5 cm³/mol. The molecular weight excluding hydrogens is 108 g/mol. The standard InChI is InChI=1S/C5H5OS/c1-2-4-6-7-5-3-1/h1-3H,4H2. The Hall–Kier alpha value is -0.210. The summed E-state index contributed by atoms with van der Waals surface area (Å²) in [7, 11) is 0. The first-order valence-electron chi connectivity index (χ1n) is 2.02. The van der Waals surface area contributed by atoms with Crippen molar-refractivity contribution in [3.8, 4) is 0 Å². The van der Waals surface area contributed by atoms with Crippen molar-refractivity contribution in [2.45, 2.75) is 0 Å². The minimum atomic E-state index is 0.689. The van der Waals surface area contributed by atoms with Crippen LogP contribution in [0.3, 0.4) is 0 Å². The molecule has 0 atom stereocenters. The molecule has 0 fully saturated rings. The second-order valence-corrected chi connectivity index (χ2v) is 1.72. The van der Waals surface area contributed by atoms with Crippen LogP contribution in [-0.2, 0) is 4.18 Å². The Kier molecular flexibility index (Phi) is 2.03. The maximum absolute atomic E-state index is 4.88. The first-order chi connectivity index (χ1) is 3.50. The predicted octanol–water partition coefficient (Wildman–Crippen LogP) is 1.54. The molecule has 1 aliphatic rings. The van der Waals surface area contributed by atoms with Gasteiger partial charge in [0.25, 0.3) is 0 Å². The normalized spacial score (nSPS) is 19.4. The van der Waals surface area contributed by atoms with Gasteiger partial charge in [-0.25, -0.2) is 0 Å². The molecule has 1 radical (unpaired) electrons. The van der Waals surface area contributed by atoms with E-state index in [-0.39, 0.29) is 0 Å². The monoisotopic (exact) mass is 113 g/mol. The topological polar surface area (TPSA) is 9.23 Å². The van der Waals surface area contributed by atoms with E-state index in [1.165, 1.54) is 12.0 Å². The number of hydrogen-bond donors (Lipinski definition) is 0. The van der Waals surface area contributed by atoms with Gasteiger partial charge in [-0.3, -0.25) is 0 Å². The van der Waals surface area contributed by atoms with Crippen molar-refractivity contribution < 1.29 is 4.18 Å². The van der Waals surface area contributed by atoms with E-state index in [0.717, 1.165) is 0 Å². The van der Waals surface area contributed by atoms with Gasteiger partial charge >= 0.3 is 0 Å². The Morgan fingerprint density at radius 2 is 2.71 bits per heavy atom. The zero-order chi connectivity index (χ0) is 4.95. The highest BCUT2D eigenvalue weighted by Crippen LogP contribution is 2.04. The van der Waals surface area contributed by atoms with E-state index in [1.807, 2.05) is 18.2 Å². The molecule has 37 valence electrons. The van der Waals surface area contributed by atoms with E-state index >= 15 is 0 Å². The molecule has 0 saturated carbocycles. The van der Waals surface area contributed by atoms with E-state index in [0.29, 0.717) is 6.61 Å². The van der Waals surface area contributed by atoms with Crippen molar-refractivity contribution >= 4 is 12.0 Å². The highest BCUT2D eigenvalue weighted by Gasteiger charge is 1.81. The molecule has 1 nitrogen and oxygen atoms in total. The Morgan fingerprint density at radius 3 is 3.71 bits per heavy atom. The van der Waals surface area contributed by atoms with Gasteiger partial charge in [-0.15, -0.1) is 0 Å². The van der Waals surface area contributed by atoms with Crippen LogP contribution in [0.4, 0.5) is 0 Å². The minimum absolute atomic E-state index is 0.689. The Labute approximate surface area is 47.3 Å². The molecule has 0 amide bonds. The third-order valence-corrected chi connectivity index (χ3v) is 1.06.